The molecule has 0 aliphatic carbocycles. The van der Waals surface area contributed by atoms with Gasteiger partial charge in [0.25, 0.3) is 0 Å². The van der Waals surface area contributed by atoms with E-state index in [0.29, 0.717) is 12.1 Å². The molecule has 0 unspecified atom stereocenters. The molecule has 0 aliphatic heterocycles. The standard InChI is InChI=1S/C18H29BrN3O5P/c1-5-12(4)15(16(23)22-18(6-2,7-3)28(25,26)27)21-17(24)20-14-10-8-13(19)9-11-14/h8-12,15H,5-7H2,1-4H3,(H,22,23)(H2,20,21,24)(H2,25,26,27)/t12-,15-/m0/s1. The third kappa shape index (κ3) is 6.30. The summed E-state index contributed by atoms with van der Waals surface area (Å²) in [6.07, 6.45) is 0.730. The Morgan fingerprint density at radius 3 is 2.11 bits per heavy atom. The van der Waals surface area contributed by atoms with Crippen LogP contribution in [-0.2, 0) is 9.36 Å². The zero-order valence-corrected chi connectivity index (χ0v) is 19.0. The lowest BCUT2D eigenvalue weighted by Gasteiger charge is -2.35. The molecule has 10 heteroatoms. The predicted molar refractivity (Wildman–Crippen MR) is 113 cm³/mol. The molecule has 28 heavy (non-hydrogen) atoms. The topological polar surface area (TPSA) is 128 Å². The average Bonchev–Trinajstić information content (AvgIpc) is 2.64. The summed E-state index contributed by atoms with van der Waals surface area (Å²) in [6.45, 7) is 6.87. The maximum atomic E-state index is 12.9. The van der Waals surface area contributed by atoms with Crippen molar-refractivity contribution in [1.29, 1.82) is 0 Å². The number of urea groups is 1. The van der Waals surface area contributed by atoms with E-state index in [4.69, 9.17) is 0 Å². The molecule has 0 heterocycles. The van der Waals surface area contributed by atoms with Gasteiger partial charge in [-0.3, -0.25) is 9.36 Å². The summed E-state index contributed by atoms with van der Waals surface area (Å²) in [4.78, 5) is 44.7. The fourth-order valence-electron chi connectivity index (χ4n) is 2.76. The van der Waals surface area contributed by atoms with E-state index < -0.39 is 30.9 Å². The highest BCUT2D eigenvalue weighted by Gasteiger charge is 2.46. The van der Waals surface area contributed by atoms with E-state index in [1.54, 1.807) is 45.0 Å². The highest BCUT2D eigenvalue weighted by atomic mass is 79.9. The molecular formula is C18H29BrN3O5P. The zero-order chi connectivity index (χ0) is 21.5. The second-order valence-electron chi connectivity index (χ2n) is 6.74. The normalized spacial score (nSPS) is 14.1. The fourth-order valence-corrected chi connectivity index (χ4v) is 4.11. The SMILES string of the molecule is CC[C@H](C)[C@H](NC(=O)Nc1ccc(Br)cc1)C(=O)NC(CC)(CC)P(=O)(O)O. The summed E-state index contributed by atoms with van der Waals surface area (Å²) < 4.78 is 12.8. The highest BCUT2D eigenvalue weighted by Crippen LogP contribution is 2.52. The maximum Gasteiger partial charge on any atom is 0.350 e. The summed E-state index contributed by atoms with van der Waals surface area (Å²) >= 11 is 3.31. The molecule has 0 saturated heterocycles. The molecule has 8 nitrogen and oxygen atoms in total. The Labute approximate surface area is 174 Å². The third-order valence-corrected chi connectivity index (χ3v) is 7.36. The van der Waals surface area contributed by atoms with Crippen molar-refractivity contribution in [2.45, 2.75) is 58.3 Å². The van der Waals surface area contributed by atoms with Crippen LogP contribution in [0.15, 0.2) is 28.7 Å². The van der Waals surface area contributed by atoms with Crippen molar-refractivity contribution in [2.24, 2.45) is 5.92 Å². The minimum Gasteiger partial charge on any atom is -0.338 e. The van der Waals surface area contributed by atoms with Crippen LogP contribution in [0.1, 0.15) is 47.0 Å². The quantitative estimate of drug-likeness (QED) is 0.345. The Morgan fingerprint density at radius 2 is 1.68 bits per heavy atom. The van der Waals surface area contributed by atoms with Gasteiger partial charge in [0.2, 0.25) is 5.91 Å². The molecule has 0 bridgehead atoms. The molecular weight excluding hydrogens is 449 g/mol. The first-order valence-electron chi connectivity index (χ1n) is 9.20. The largest absolute Gasteiger partial charge is 0.350 e. The number of hydrogen-bond donors (Lipinski definition) is 5. The van der Waals surface area contributed by atoms with Crippen molar-refractivity contribution in [3.05, 3.63) is 28.7 Å². The van der Waals surface area contributed by atoms with E-state index in [1.165, 1.54) is 0 Å². The first-order valence-corrected chi connectivity index (χ1v) is 11.6. The van der Waals surface area contributed by atoms with E-state index in [9.17, 15) is 23.9 Å². The lowest BCUT2D eigenvalue weighted by Crippen LogP contribution is -2.57. The Kier molecular flexibility index (Phi) is 9.14. The van der Waals surface area contributed by atoms with Gasteiger partial charge >= 0.3 is 13.6 Å². The monoisotopic (exact) mass is 477 g/mol. The van der Waals surface area contributed by atoms with Gasteiger partial charge in [-0.05, 0) is 43.0 Å². The van der Waals surface area contributed by atoms with Crippen molar-refractivity contribution in [1.82, 2.24) is 10.6 Å². The van der Waals surface area contributed by atoms with Gasteiger partial charge in [-0.25, -0.2) is 4.79 Å². The van der Waals surface area contributed by atoms with E-state index in [2.05, 4.69) is 31.9 Å². The van der Waals surface area contributed by atoms with Crippen LogP contribution in [0.2, 0.25) is 0 Å². The van der Waals surface area contributed by atoms with Crippen LogP contribution in [0.3, 0.4) is 0 Å². The number of carbonyl (C=O) groups is 2. The molecule has 0 spiro atoms. The summed E-state index contributed by atoms with van der Waals surface area (Å²) in [5, 5.41) is 6.13. The van der Waals surface area contributed by atoms with Gasteiger partial charge < -0.3 is 25.7 Å². The molecule has 0 fully saturated rings. The van der Waals surface area contributed by atoms with Crippen LogP contribution in [0.25, 0.3) is 0 Å². The molecule has 158 valence electrons. The second-order valence-corrected chi connectivity index (χ2v) is 9.60. The van der Waals surface area contributed by atoms with E-state index in [1.807, 2.05) is 6.92 Å². The molecule has 5 N–H and O–H groups in total. The van der Waals surface area contributed by atoms with Crippen molar-refractivity contribution >= 4 is 41.2 Å². The minimum atomic E-state index is -4.60. The first kappa shape index (κ1) is 24.6. The first-order chi connectivity index (χ1) is 13.0. The average molecular weight is 478 g/mol. The lowest BCUT2D eigenvalue weighted by molar-refractivity contribution is -0.125. The van der Waals surface area contributed by atoms with Gasteiger partial charge in [-0.2, -0.15) is 0 Å². The number of rotatable bonds is 9. The van der Waals surface area contributed by atoms with E-state index in [0.717, 1.165) is 4.47 Å². The number of carbonyl (C=O) groups excluding carboxylic acids is 2. The Hall–Kier alpha value is -1.41. The molecule has 3 amide bonds. The molecule has 0 radical (unpaired) electrons. The summed E-state index contributed by atoms with van der Waals surface area (Å²) in [7, 11) is -4.60. The number of anilines is 1. The number of benzene rings is 1. The summed E-state index contributed by atoms with van der Waals surface area (Å²) in [5.74, 6) is -0.855. The van der Waals surface area contributed by atoms with Crippen LogP contribution in [0, 0.1) is 5.92 Å². The lowest BCUT2D eigenvalue weighted by atomic mass is 9.97. The Bertz CT molecular complexity index is 718. The third-order valence-electron chi connectivity index (χ3n) is 4.97. The molecule has 0 saturated carbocycles. The van der Waals surface area contributed by atoms with Gasteiger partial charge in [0.05, 0.1) is 0 Å². The Balaban J connectivity index is 2.97. The van der Waals surface area contributed by atoms with Gasteiger partial charge in [0.15, 0.2) is 0 Å². The van der Waals surface area contributed by atoms with Crippen LogP contribution in [-0.4, -0.2) is 33.0 Å². The number of amides is 3. The molecule has 0 aliphatic rings. The highest BCUT2D eigenvalue weighted by molar-refractivity contribution is 9.10. The zero-order valence-electron chi connectivity index (χ0n) is 16.5. The van der Waals surface area contributed by atoms with Crippen LogP contribution in [0.4, 0.5) is 10.5 Å². The van der Waals surface area contributed by atoms with E-state index in [-0.39, 0.29) is 18.8 Å². The minimum absolute atomic E-state index is 0.0673. The summed E-state index contributed by atoms with van der Waals surface area (Å²) in [6, 6.07) is 5.43. The maximum absolute atomic E-state index is 12.9. The van der Waals surface area contributed by atoms with Gasteiger partial charge in [0.1, 0.15) is 11.3 Å². The van der Waals surface area contributed by atoms with Crippen molar-refractivity contribution < 1.29 is 23.9 Å². The molecule has 0 aromatic heterocycles. The number of halogens is 1. The van der Waals surface area contributed by atoms with Crippen molar-refractivity contribution in [3.63, 3.8) is 0 Å². The Morgan fingerprint density at radius 1 is 1.14 bits per heavy atom. The molecule has 1 rings (SSSR count). The predicted octanol–water partition coefficient (Wildman–Crippen LogP) is 3.80. The van der Waals surface area contributed by atoms with Crippen molar-refractivity contribution in [2.75, 3.05) is 5.32 Å². The number of nitrogens with one attached hydrogen (secondary N) is 3. The van der Waals surface area contributed by atoms with Gasteiger partial charge in [-0.15, -0.1) is 0 Å². The van der Waals surface area contributed by atoms with Crippen molar-refractivity contribution in [3.8, 4) is 0 Å². The fraction of sp³-hybridized carbons (Fsp3) is 0.556. The summed E-state index contributed by atoms with van der Waals surface area (Å²) in [5.41, 5.74) is 0.552. The second kappa shape index (κ2) is 10.4. The molecule has 1 aromatic carbocycles. The van der Waals surface area contributed by atoms with Crippen LogP contribution >= 0.6 is 23.5 Å². The van der Waals surface area contributed by atoms with Gasteiger partial charge in [-0.1, -0.05) is 50.0 Å². The van der Waals surface area contributed by atoms with Gasteiger partial charge in [0, 0.05) is 10.2 Å². The number of hydrogen-bond acceptors (Lipinski definition) is 3. The van der Waals surface area contributed by atoms with Crippen LogP contribution < -0.4 is 16.0 Å². The molecule has 1 aromatic rings. The molecule has 2 atom stereocenters. The smallest absolute Gasteiger partial charge is 0.338 e. The van der Waals surface area contributed by atoms with E-state index >= 15 is 0 Å². The van der Waals surface area contributed by atoms with Crippen LogP contribution in [0.5, 0.6) is 0 Å².